The summed E-state index contributed by atoms with van der Waals surface area (Å²) >= 11 is 13.1. The van der Waals surface area contributed by atoms with Gasteiger partial charge < -0.3 is 11.1 Å². The van der Waals surface area contributed by atoms with Gasteiger partial charge in [-0.1, -0.05) is 23.8 Å². The lowest BCUT2D eigenvalue weighted by atomic mass is 10.2. The van der Waals surface area contributed by atoms with E-state index in [0.29, 0.717) is 15.8 Å². The second kappa shape index (κ2) is 6.02. The van der Waals surface area contributed by atoms with Gasteiger partial charge in [0.2, 0.25) is 0 Å². The fraction of sp³-hybridized carbons (Fsp3) is 0.0769. The highest BCUT2D eigenvalue weighted by molar-refractivity contribution is 14.1. The molecule has 0 atom stereocenters. The van der Waals surface area contributed by atoms with Gasteiger partial charge in [0.15, 0.2) is 0 Å². The maximum absolute atomic E-state index is 5.93. The summed E-state index contributed by atoms with van der Waals surface area (Å²) in [6, 6.07) is 9.32. The smallest absolute Gasteiger partial charge is 0.131 e. The molecule has 0 fully saturated rings. The molecule has 0 radical (unpaired) electrons. The molecule has 0 spiro atoms. The van der Waals surface area contributed by atoms with Gasteiger partial charge in [-0.15, -0.1) is 0 Å². The molecule has 1 aromatic carbocycles. The van der Waals surface area contributed by atoms with Crippen LogP contribution in [0.25, 0.3) is 0 Å². The lowest BCUT2D eigenvalue weighted by Gasteiger charge is -2.10. The first-order chi connectivity index (χ1) is 8.95. The summed E-state index contributed by atoms with van der Waals surface area (Å²) in [6.45, 7) is 1.90. The Morgan fingerprint density at radius 2 is 2.11 bits per heavy atom. The molecule has 6 heteroatoms. The Morgan fingerprint density at radius 1 is 1.37 bits per heavy atom. The molecule has 19 heavy (non-hydrogen) atoms. The second-order valence-corrected chi connectivity index (χ2v) is 6.03. The summed E-state index contributed by atoms with van der Waals surface area (Å²) in [5, 5.41) is 3.95. The Bertz CT molecular complexity index is 646. The molecule has 0 bridgehead atoms. The van der Waals surface area contributed by atoms with E-state index in [1.165, 1.54) is 0 Å². The van der Waals surface area contributed by atoms with E-state index in [0.717, 1.165) is 20.5 Å². The number of rotatable bonds is 3. The van der Waals surface area contributed by atoms with Gasteiger partial charge in [0.25, 0.3) is 0 Å². The quantitative estimate of drug-likeness (QED) is 0.600. The number of nitrogens with zero attached hydrogens (tertiary/aromatic N) is 1. The molecule has 0 aliphatic rings. The summed E-state index contributed by atoms with van der Waals surface area (Å²) < 4.78 is 1.02. The Hall–Kier alpha value is -0.920. The second-order valence-electron chi connectivity index (χ2n) is 4.00. The van der Waals surface area contributed by atoms with Crippen molar-refractivity contribution in [2.24, 2.45) is 5.73 Å². The van der Waals surface area contributed by atoms with E-state index in [1.54, 1.807) is 0 Å². The number of hydrogen-bond donors (Lipinski definition) is 2. The SMILES string of the molecule is Cc1cc(C(N)=S)cc(Nc2ccc(Cl)cc2I)n1. The molecule has 0 unspecified atom stereocenters. The molecule has 1 heterocycles. The van der Waals surface area contributed by atoms with Crippen LogP contribution >= 0.6 is 46.4 Å². The molecular formula is C13H11ClIN3S. The molecule has 0 aliphatic carbocycles. The minimum absolute atomic E-state index is 0.361. The topological polar surface area (TPSA) is 50.9 Å². The minimum atomic E-state index is 0.361. The van der Waals surface area contributed by atoms with Crippen molar-refractivity contribution >= 4 is 62.9 Å². The molecular weight excluding hydrogens is 393 g/mol. The molecule has 3 N–H and O–H groups in total. The van der Waals surface area contributed by atoms with Gasteiger partial charge >= 0.3 is 0 Å². The van der Waals surface area contributed by atoms with Crippen LogP contribution in [0.15, 0.2) is 30.3 Å². The number of anilines is 2. The first kappa shape index (κ1) is 14.5. The van der Waals surface area contributed by atoms with Crippen LogP contribution in [0, 0.1) is 10.5 Å². The monoisotopic (exact) mass is 403 g/mol. The number of benzene rings is 1. The number of aryl methyl sites for hydroxylation is 1. The fourth-order valence-corrected chi connectivity index (χ4v) is 2.73. The zero-order valence-electron chi connectivity index (χ0n) is 10.1. The molecule has 2 rings (SSSR count). The number of halogens is 2. The van der Waals surface area contributed by atoms with Crippen molar-refractivity contribution in [3.05, 3.63) is 50.2 Å². The molecule has 3 nitrogen and oxygen atoms in total. The standard InChI is InChI=1S/C13H11ClIN3S/c1-7-4-8(13(16)19)5-12(17-7)18-11-3-2-9(14)6-10(11)15/h2-6H,1H3,(H2,16,19)(H,17,18). The number of hydrogen-bond acceptors (Lipinski definition) is 3. The van der Waals surface area contributed by atoms with Crippen LogP contribution in [-0.2, 0) is 0 Å². The highest BCUT2D eigenvalue weighted by Crippen LogP contribution is 2.25. The van der Waals surface area contributed by atoms with E-state index in [1.807, 2.05) is 37.3 Å². The fourth-order valence-electron chi connectivity index (χ4n) is 1.60. The summed E-state index contributed by atoms with van der Waals surface area (Å²) in [5.41, 5.74) is 8.25. The van der Waals surface area contributed by atoms with E-state index < -0.39 is 0 Å². The highest BCUT2D eigenvalue weighted by Gasteiger charge is 2.05. The van der Waals surface area contributed by atoms with Crippen LogP contribution in [0.3, 0.4) is 0 Å². The number of aromatic nitrogens is 1. The van der Waals surface area contributed by atoms with Crippen molar-refractivity contribution < 1.29 is 0 Å². The summed E-state index contributed by atoms with van der Waals surface area (Å²) in [4.78, 5) is 4.77. The molecule has 0 aliphatic heterocycles. The Kier molecular flexibility index (Phi) is 4.59. The zero-order valence-corrected chi connectivity index (χ0v) is 13.8. The van der Waals surface area contributed by atoms with Gasteiger partial charge in [-0.2, -0.15) is 0 Å². The van der Waals surface area contributed by atoms with Crippen LogP contribution in [0.4, 0.5) is 11.5 Å². The van der Waals surface area contributed by atoms with E-state index in [2.05, 4.69) is 32.9 Å². The van der Waals surface area contributed by atoms with Gasteiger partial charge in [0, 0.05) is 19.9 Å². The van der Waals surface area contributed by atoms with Gasteiger partial charge in [-0.25, -0.2) is 4.98 Å². The van der Waals surface area contributed by atoms with E-state index >= 15 is 0 Å². The maximum atomic E-state index is 5.93. The normalized spacial score (nSPS) is 10.3. The third-order valence-corrected chi connectivity index (χ3v) is 3.80. The average Bonchev–Trinajstić information content (AvgIpc) is 2.32. The van der Waals surface area contributed by atoms with Crippen molar-refractivity contribution in [2.75, 3.05) is 5.32 Å². The molecule has 2 aromatic rings. The van der Waals surface area contributed by atoms with Gasteiger partial charge in [0.1, 0.15) is 10.8 Å². The number of thiocarbonyl (C=S) groups is 1. The van der Waals surface area contributed by atoms with Crippen LogP contribution in [0.5, 0.6) is 0 Å². The molecule has 0 saturated carbocycles. The zero-order chi connectivity index (χ0) is 14.0. The Morgan fingerprint density at radius 3 is 2.74 bits per heavy atom. The van der Waals surface area contributed by atoms with Gasteiger partial charge in [-0.05, 0) is 59.8 Å². The highest BCUT2D eigenvalue weighted by atomic mass is 127. The van der Waals surface area contributed by atoms with Crippen molar-refractivity contribution in [2.45, 2.75) is 6.92 Å². The largest absolute Gasteiger partial charge is 0.389 e. The number of nitrogens with one attached hydrogen (secondary N) is 1. The van der Waals surface area contributed by atoms with Crippen molar-refractivity contribution in [3.8, 4) is 0 Å². The van der Waals surface area contributed by atoms with Crippen molar-refractivity contribution in [1.29, 1.82) is 0 Å². The number of nitrogens with two attached hydrogens (primary N) is 1. The first-order valence-corrected chi connectivity index (χ1v) is 7.33. The summed E-state index contributed by atoms with van der Waals surface area (Å²) in [7, 11) is 0. The van der Waals surface area contributed by atoms with Gasteiger partial charge in [-0.3, -0.25) is 0 Å². The maximum Gasteiger partial charge on any atom is 0.131 e. The molecule has 0 saturated heterocycles. The third-order valence-electron chi connectivity index (χ3n) is 2.43. The Labute approximate surface area is 135 Å². The average molecular weight is 404 g/mol. The lowest BCUT2D eigenvalue weighted by Crippen LogP contribution is -2.11. The lowest BCUT2D eigenvalue weighted by molar-refractivity contribution is 1.19. The van der Waals surface area contributed by atoms with Crippen LogP contribution in [-0.4, -0.2) is 9.97 Å². The predicted molar refractivity (Wildman–Crippen MR) is 92.3 cm³/mol. The van der Waals surface area contributed by atoms with Gasteiger partial charge in [0.05, 0.1) is 5.69 Å². The van der Waals surface area contributed by atoms with Crippen LogP contribution < -0.4 is 11.1 Å². The van der Waals surface area contributed by atoms with Crippen LogP contribution in [0.1, 0.15) is 11.3 Å². The number of pyridine rings is 1. The van der Waals surface area contributed by atoms with E-state index in [9.17, 15) is 0 Å². The molecule has 98 valence electrons. The summed E-state index contributed by atoms with van der Waals surface area (Å²) in [5.74, 6) is 0.711. The van der Waals surface area contributed by atoms with Crippen molar-refractivity contribution in [1.82, 2.24) is 4.98 Å². The Balaban J connectivity index is 2.35. The predicted octanol–water partition coefficient (Wildman–Crippen LogP) is 4.03. The first-order valence-electron chi connectivity index (χ1n) is 5.46. The minimum Gasteiger partial charge on any atom is -0.389 e. The van der Waals surface area contributed by atoms with Crippen molar-refractivity contribution in [3.63, 3.8) is 0 Å². The van der Waals surface area contributed by atoms with E-state index in [4.69, 9.17) is 29.6 Å². The summed E-state index contributed by atoms with van der Waals surface area (Å²) in [6.07, 6.45) is 0. The molecule has 0 amide bonds. The third kappa shape index (κ3) is 3.77. The molecule has 1 aromatic heterocycles. The van der Waals surface area contributed by atoms with E-state index in [-0.39, 0.29) is 0 Å². The van der Waals surface area contributed by atoms with Crippen LogP contribution in [0.2, 0.25) is 5.02 Å².